The van der Waals surface area contributed by atoms with E-state index in [1.165, 1.54) is 13.8 Å². The lowest BCUT2D eigenvalue weighted by Gasteiger charge is -2.11. The van der Waals surface area contributed by atoms with Crippen LogP contribution in [0, 0.1) is 6.92 Å². The zero-order valence-corrected chi connectivity index (χ0v) is 14.6. The van der Waals surface area contributed by atoms with Gasteiger partial charge in [0, 0.05) is 13.8 Å². The van der Waals surface area contributed by atoms with Crippen molar-refractivity contribution in [2.75, 3.05) is 0 Å². The zero-order chi connectivity index (χ0) is 18.7. The van der Waals surface area contributed by atoms with Crippen LogP contribution in [0.2, 0.25) is 0 Å². The fourth-order valence-electron chi connectivity index (χ4n) is 2.52. The number of hydrogen-bond acceptors (Lipinski definition) is 6. The first-order chi connectivity index (χ1) is 12.4. The van der Waals surface area contributed by atoms with Crippen LogP contribution in [0.15, 0.2) is 48.7 Å². The van der Waals surface area contributed by atoms with E-state index >= 15 is 0 Å². The molecule has 7 heteroatoms. The third-order valence-corrected chi connectivity index (χ3v) is 3.51. The molecule has 2 aromatic carbocycles. The topological polar surface area (TPSA) is 83.3 Å². The Morgan fingerprint density at radius 2 is 1.58 bits per heavy atom. The van der Waals surface area contributed by atoms with E-state index in [4.69, 9.17) is 9.47 Å². The van der Waals surface area contributed by atoms with Crippen LogP contribution in [0.3, 0.4) is 0 Å². The summed E-state index contributed by atoms with van der Waals surface area (Å²) in [5.41, 5.74) is 2.72. The highest BCUT2D eigenvalue weighted by molar-refractivity contribution is 5.81. The monoisotopic (exact) mass is 351 g/mol. The number of esters is 2. The molecule has 0 saturated carbocycles. The van der Waals surface area contributed by atoms with Crippen molar-refractivity contribution in [2.24, 2.45) is 0 Å². The van der Waals surface area contributed by atoms with Gasteiger partial charge in [0.1, 0.15) is 17.2 Å². The van der Waals surface area contributed by atoms with Gasteiger partial charge in [0.15, 0.2) is 0 Å². The van der Waals surface area contributed by atoms with Crippen molar-refractivity contribution in [2.45, 2.75) is 20.8 Å². The highest BCUT2D eigenvalue weighted by Crippen LogP contribution is 2.37. The van der Waals surface area contributed by atoms with Gasteiger partial charge in [-0.1, -0.05) is 23.4 Å². The Balaban J connectivity index is 2.10. The van der Waals surface area contributed by atoms with Gasteiger partial charge in [-0.05, 0) is 36.8 Å². The number of benzene rings is 2. The number of aromatic nitrogens is 3. The number of carbonyl (C=O) groups excluding carboxylic acids is 2. The second-order valence-electron chi connectivity index (χ2n) is 5.70. The quantitative estimate of drug-likeness (QED) is 0.530. The molecule has 1 aromatic heterocycles. The van der Waals surface area contributed by atoms with Gasteiger partial charge in [-0.15, -0.1) is 5.10 Å². The minimum atomic E-state index is -0.489. The summed E-state index contributed by atoms with van der Waals surface area (Å²) in [7, 11) is 0. The van der Waals surface area contributed by atoms with Crippen LogP contribution in [0.4, 0.5) is 0 Å². The Bertz CT molecular complexity index is 944. The van der Waals surface area contributed by atoms with E-state index in [1.807, 2.05) is 31.2 Å². The molecule has 7 nitrogen and oxygen atoms in total. The fraction of sp³-hybridized carbons (Fsp3) is 0.158. The first kappa shape index (κ1) is 17.3. The number of aryl methyl sites for hydroxylation is 1. The summed E-state index contributed by atoms with van der Waals surface area (Å²) in [5, 5.41) is 8.29. The average Bonchev–Trinajstić information content (AvgIpc) is 3.03. The Labute approximate surface area is 150 Å². The van der Waals surface area contributed by atoms with Gasteiger partial charge in [-0.2, -0.15) is 0 Å². The Morgan fingerprint density at radius 1 is 0.962 bits per heavy atom. The van der Waals surface area contributed by atoms with Crippen LogP contribution in [0.5, 0.6) is 11.5 Å². The van der Waals surface area contributed by atoms with Crippen molar-refractivity contribution in [3.63, 3.8) is 0 Å². The van der Waals surface area contributed by atoms with Crippen molar-refractivity contribution in [1.29, 1.82) is 0 Å². The SMILES string of the molecule is CC(=O)Oc1cccc(OC(C)=O)c1-c1cn(-c2cccc(C)c2)nn1. The van der Waals surface area contributed by atoms with E-state index < -0.39 is 11.9 Å². The second kappa shape index (κ2) is 7.18. The van der Waals surface area contributed by atoms with Gasteiger partial charge in [-0.25, -0.2) is 4.68 Å². The summed E-state index contributed by atoms with van der Waals surface area (Å²) in [4.78, 5) is 22.8. The molecule has 3 aromatic rings. The van der Waals surface area contributed by atoms with E-state index in [0.29, 0.717) is 11.3 Å². The van der Waals surface area contributed by atoms with Crippen LogP contribution in [0.1, 0.15) is 19.4 Å². The molecule has 3 rings (SSSR count). The molecule has 0 unspecified atom stereocenters. The van der Waals surface area contributed by atoms with Gasteiger partial charge in [0.25, 0.3) is 0 Å². The molecule has 0 radical (unpaired) electrons. The maximum Gasteiger partial charge on any atom is 0.308 e. The van der Waals surface area contributed by atoms with Crippen LogP contribution in [0.25, 0.3) is 16.9 Å². The first-order valence-electron chi connectivity index (χ1n) is 7.93. The molecule has 1 heterocycles. The lowest BCUT2D eigenvalue weighted by atomic mass is 10.1. The second-order valence-corrected chi connectivity index (χ2v) is 5.70. The number of hydrogen-bond donors (Lipinski definition) is 0. The van der Waals surface area contributed by atoms with Gasteiger partial charge < -0.3 is 9.47 Å². The third-order valence-electron chi connectivity index (χ3n) is 3.51. The summed E-state index contributed by atoms with van der Waals surface area (Å²) in [6.07, 6.45) is 1.68. The zero-order valence-electron chi connectivity index (χ0n) is 14.6. The predicted molar refractivity (Wildman–Crippen MR) is 94.2 cm³/mol. The van der Waals surface area contributed by atoms with Crippen LogP contribution in [-0.4, -0.2) is 26.9 Å². The van der Waals surface area contributed by atoms with E-state index in [1.54, 1.807) is 29.1 Å². The molecule has 26 heavy (non-hydrogen) atoms. The van der Waals surface area contributed by atoms with Gasteiger partial charge in [0.2, 0.25) is 0 Å². The maximum atomic E-state index is 11.4. The Morgan fingerprint density at radius 3 is 2.15 bits per heavy atom. The minimum Gasteiger partial charge on any atom is -0.426 e. The summed E-state index contributed by atoms with van der Waals surface area (Å²) in [6.45, 7) is 4.58. The predicted octanol–water partition coefficient (Wildman–Crippen LogP) is 3.09. The number of carbonyl (C=O) groups is 2. The van der Waals surface area contributed by atoms with Crippen molar-refractivity contribution in [3.8, 4) is 28.4 Å². The molecule has 0 aliphatic heterocycles. The molecule has 0 fully saturated rings. The largest absolute Gasteiger partial charge is 0.426 e. The molecular weight excluding hydrogens is 334 g/mol. The lowest BCUT2D eigenvalue weighted by molar-refractivity contribution is -0.132. The minimum absolute atomic E-state index is 0.243. The summed E-state index contributed by atoms with van der Waals surface area (Å²) >= 11 is 0. The molecule has 0 aliphatic rings. The highest BCUT2D eigenvalue weighted by atomic mass is 16.5. The molecule has 0 spiro atoms. The Hall–Kier alpha value is -3.48. The Kier molecular flexibility index (Phi) is 4.79. The van der Waals surface area contributed by atoms with E-state index in [9.17, 15) is 9.59 Å². The molecule has 132 valence electrons. The number of ether oxygens (including phenoxy) is 2. The van der Waals surface area contributed by atoms with Crippen LogP contribution < -0.4 is 9.47 Å². The number of rotatable bonds is 4. The third kappa shape index (κ3) is 3.77. The normalized spacial score (nSPS) is 10.4. The smallest absolute Gasteiger partial charge is 0.308 e. The van der Waals surface area contributed by atoms with Crippen molar-refractivity contribution >= 4 is 11.9 Å². The maximum absolute atomic E-state index is 11.4. The van der Waals surface area contributed by atoms with Crippen molar-refractivity contribution in [3.05, 3.63) is 54.2 Å². The molecule has 0 N–H and O–H groups in total. The lowest BCUT2D eigenvalue weighted by Crippen LogP contribution is -2.06. The molecule has 0 amide bonds. The standard InChI is InChI=1S/C19H17N3O4/c1-12-6-4-7-15(10-12)22-11-16(20-21-22)19-17(25-13(2)23)8-5-9-18(19)26-14(3)24/h4-11H,1-3H3. The van der Waals surface area contributed by atoms with Crippen molar-refractivity contribution in [1.82, 2.24) is 15.0 Å². The summed E-state index contributed by atoms with van der Waals surface area (Å²) < 4.78 is 12.1. The number of nitrogens with zero attached hydrogens (tertiary/aromatic N) is 3. The highest BCUT2D eigenvalue weighted by Gasteiger charge is 2.19. The van der Waals surface area contributed by atoms with Gasteiger partial charge in [0.05, 0.1) is 17.4 Å². The molecule has 0 aliphatic carbocycles. The summed E-state index contributed by atoms with van der Waals surface area (Å²) in [5.74, 6) is -0.491. The molecule has 0 bridgehead atoms. The van der Waals surface area contributed by atoms with Crippen molar-refractivity contribution < 1.29 is 19.1 Å². The fourth-order valence-corrected chi connectivity index (χ4v) is 2.52. The van der Waals surface area contributed by atoms with Crippen LogP contribution >= 0.6 is 0 Å². The summed E-state index contributed by atoms with van der Waals surface area (Å²) in [6, 6.07) is 12.6. The molecule has 0 saturated heterocycles. The van der Waals surface area contributed by atoms with Crippen LogP contribution in [-0.2, 0) is 9.59 Å². The van der Waals surface area contributed by atoms with E-state index in [2.05, 4.69) is 10.3 Å². The molecular formula is C19H17N3O4. The average molecular weight is 351 g/mol. The van der Waals surface area contributed by atoms with Gasteiger partial charge >= 0.3 is 11.9 Å². The first-order valence-corrected chi connectivity index (χ1v) is 7.93. The van der Waals surface area contributed by atoms with E-state index in [0.717, 1.165) is 11.3 Å². The molecule has 0 atom stereocenters. The van der Waals surface area contributed by atoms with E-state index in [-0.39, 0.29) is 11.5 Å². The van der Waals surface area contributed by atoms with Gasteiger partial charge in [-0.3, -0.25) is 9.59 Å².